The minimum Gasteiger partial charge on any atom is -0.383 e. The molecule has 0 saturated heterocycles. The number of hydrogen-bond donors (Lipinski definition) is 3. The molecule has 2 aromatic heterocycles. The van der Waals surface area contributed by atoms with E-state index < -0.39 is 11.2 Å². The van der Waals surface area contributed by atoms with Crippen molar-refractivity contribution < 1.29 is 4.74 Å². The van der Waals surface area contributed by atoms with E-state index in [9.17, 15) is 9.59 Å². The summed E-state index contributed by atoms with van der Waals surface area (Å²) in [5.41, 5.74) is 9.76. The van der Waals surface area contributed by atoms with Crippen molar-refractivity contribution in [3.05, 3.63) is 44.4 Å². The molecule has 2 aromatic rings. The summed E-state index contributed by atoms with van der Waals surface area (Å²) in [6.07, 6.45) is 0. The van der Waals surface area contributed by atoms with E-state index in [1.807, 2.05) is 26.0 Å². The normalized spacial score (nSPS) is 10.8. The first kappa shape index (κ1) is 14.9. The number of nitrogens with one attached hydrogen (secondary N) is 2. The lowest BCUT2D eigenvalue weighted by molar-refractivity contribution is 0.186. The van der Waals surface area contributed by atoms with Crippen LogP contribution in [-0.4, -0.2) is 27.9 Å². The lowest BCUT2D eigenvalue weighted by Crippen LogP contribution is -2.35. The molecule has 0 unspecified atom stereocenters. The summed E-state index contributed by atoms with van der Waals surface area (Å²) in [5.74, 6) is 0.0771. The van der Waals surface area contributed by atoms with E-state index in [2.05, 4.69) is 10.4 Å². The molecule has 0 aromatic carbocycles. The summed E-state index contributed by atoms with van der Waals surface area (Å²) in [6.45, 7) is 4.37. The number of nitrogens with two attached hydrogens (primary N) is 1. The molecule has 8 heteroatoms. The Balaban J connectivity index is 2.49. The van der Waals surface area contributed by atoms with Crippen LogP contribution in [0.5, 0.6) is 0 Å². The van der Waals surface area contributed by atoms with E-state index in [1.165, 1.54) is 11.7 Å². The first-order chi connectivity index (χ1) is 9.95. The van der Waals surface area contributed by atoms with Crippen LogP contribution in [0.3, 0.4) is 0 Å². The standard InChI is InChI=1S/C13H19N5O3/c1-8-4-5-9(2)18(8)16-10-11(14)17(6-7-21-3)13(20)15-12(10)19/h4-5,16H,6-7,14H2,1-3H3,(H,15,19,20). The zero-order valence-corrected chi connectivity index (χ0v) is 12.3. The van der Waals surface area contributed by atoms with Crippen LogP contribution >= 0.6 is 0 Å². The van der Waals surface area contributed by atoms with E-state index >= 15 is 0 Å². The van der Waals surface area contributed by atoms with Crippen molar-refractivity contribution >= 4 is 11.5 Å². The summed E-state index contributed by atoms with van der Waals surface area (Å²) in [5, 5.41) is 0. The highest BCUT2D eigenvalue weighted by molar-refractivity contribution is 5.60. The van der Waals surface area contributed by atoms with Gasteiger partial charge in [-0.3, -0.25) is 24.4 Å². The molecule has 0 amide bonds. The van der Waals surface area contributed by atoms with E-state index in [0.29, 0.717) is 6.61 Å². The predicted molar refractivity (Wildman–Crippen MR) is 80.5 cm³/mol. The van der Waals surface area contributed by atoms with Gasteiger partial charge in [0.05, 0.1) is 13.2 Å². The summed E-state index contributed by atoms with van der Waals surface area (Å²) >= 11 is 0. The van der Waals surface area contributed by atoms with E-state index in [4.69, 9.17) is 10.5 Å². The van der Waals surface area contributed by atoms with Gasteiger partial charge in [-0.25, -0.2) is 4.79 Å². The lowest BCUT2D eigenvalue weighted by Gasteiger charge is -2.16. The topological polar surface area (TPSA) is 107 Å². The number of nitrogens with zero attached hydrogens (tertiary/aromatic N) is 2. The summed E-state index contributed by atoms with van der Waals surface area (Å²) in [4.78, 5) is 26.0. The Kier molecular flexibility index (Phi) is 4.18. The number of rotatable bonds is 5. The van der Waals surface area contributed by atoms with Crippen LogP contribution in [0.4, 0.5) is 11.5 Å². The quantitative estimate of drug-likeness (QED) is 0.722. The van der Waals surface area contributed by atoms with Gasteiger partial charge in [0.25, 0.3) is 5.56 Å². The highest BCUT2D eigenvalue weighted by Gasteiger charge is 2.13. The van der Waals surface area contributed by atoms with Crippen molar-refractivity contribution in [2.45, 2.75) is 20.4 Å². The lowest BCUT2D eigenvalue weighted by atomic mass is 10.4. The molecule has 0 aliphatic carbocycles. The molecule has 0 spiro atoms. The third kappa shape index (κ3) is 2.84. The number of anilines is 2. The first-order valence-corrected chi connectivity index (χ1v) is 6.49. The molecule has 4 N–H and O–H groups in total. The van der Waals surface area contributed by atoms with E-state index in [0.717, 1.165) is 11.4 Å². The largest absolute Gasteiger partial charge is 0.383 e. The smallest absolute Gasteiger partial charge is 0.330 e. The fourth-order valence-electron chi connectivity index (χ4n) is 2.06. The zero-order chi connectivity index (χ0) is 15.6. The SMILES string of the molecule is COCCn1c(N)c(Nn2c(C)ccc2C)c(=O)[nH]c1=O. The number of aromatic amines is 1. The van der Waals surface area contributed by atoms with E-state index in [1.54, 1.807) is 4.68 Å². The number of hydrogen-bond acceptors (Lipinski definition) is 5. The molecule has 0 atom stereocenters. The summed E-state index contributed by atoms with van der Waals surface area (Å²) in [7, 11) is 1.53. The highest BCUT2D eigenvalue weighted by Crippen LogP contribution is 2.13. The van der Waals surface area contributed by atoms with Crippen LogP contribution < -0.4 is 22.4 Å². The zero-order valence-electron chi connectivity index (χ0n) is 12.3. The number of ether oxygens (including phenoxy) is 1. The predicted octanol–water partition coefficient (Wildman–Crippen LogP) is 0.0587. The van der Waals surface area contributed by atoms with Gasteiger partial charge in [0, 0.05) is 18.5 Å². The van der Waals surface area contributed by atoms with Gasteiger partial charge in [-0.1, -0.05) is 0 Å². The van der Waals surface area contributed by atoms with Gasteiger partial charge < -0.3 is 10.5 Å². The Labute approximate surface area is 121 Å². The van der Waals surface area contributed by atoms with E-state index in [-0.39, 0.29) is 18.1 Å². The van der Waals surface area contributed by atoms with Crippen LogP contribution in [0, 0.1) is 13.8 Å². The molecule has 2 rings (SSSR count). The second-order valence-corrected chi connectivity index (χ2v) is 4.73. The van der Waals surface area contributed by atoms with Gasteiger partial charge in [0.1, 0.15) is 5.82 Å². The van der Waals surface area contributed by atoms with Crippen molar-refractivity contribution in [1.82, 2.24) is 14.2 Å². The second kappa shape index (κ2) is 5.88. The van der Waals surface area contributed by atoms with Gasteiger partial charge in [-0.2, -0.15) is 0 Å². The molecule has 0 aliphatic rings. The maximum absolute atomic E-state index is 12.0. The van der Waals surface area contributed by atoms with Crippen LogP contribution in [0.15, 0.2) is 21.7 Å². The first-order valence-electron chi connectivity index (χ1n) is 6.49. The summed E-state index contributed by atoms with van der Waals surface area (Å²) in [6, 6.07) is 3.82. The third-order valence-corrected chi connectivity index (χ3v) is 3.25. The van der Waals surface area contributed by atoms with Crippen molar-refractivity contribution in [1.29, 1.82) is 0 Å². The summed E-state index contributed by atoms with van der Waals surface area (Å²) < 4.78 is 7.93. The maximum Gasteiger partial charge on any atom is 0.330 e. The number of aryl methyl sites for hydroxylation is 2. The van der Waals surface area contributed by atoms with Gasteiger partial charge in [0.2, 0.25) is 0 Å². The molecule has 0 bridgehead atoms. The minimum atomic E-state index is -0.557. The Morgan fingerprint density at radius 2 is 1.90 bits per heavy atom. The Morgan fingerprint density at radius 1 is 1.29 bits per heavy atom. The van der Waals surface area contributed by atoms with Crippen LogP contribution in [0.1, 0.15) is 11.4 Å². The molecule has 114 valence electrons. The molecule has 0 saturated carbocycles. The van der Waals surface area contributed by atoms with Crippen molar-refractivity contribution in [2.75, 3.05) is 24.9 Å². The Morgan fingerprint density at radius 3 is 2.48 bits per heavy atom. The van der Waals surface area contributed by atoms with Crippen LogP contribution in [0.25, 0.3) is 0 Å². The average molecular weight is 293 g/mol. The average Bonchev–Trinajstić information content (AvgIpc) is 2.74. The monoisotopic (exact) mass is 293 g/mol. The molecule has 0 aliphatic heterocycles. The molecule has 8 nitrogen and oxygen atoms in total. The fraction of sp³-hybridized carbons (Fsp3) is 0.385. The second-order valence-electron chi connectivity index (χ2n) is 4.73. The number of H-pyrrole nitrogens is 1. The molecule has 21 heavy (non-hydrogen) atoms. The van der Waals surface area contributed by atoms with Crippen LogP contribution in [-0.2, 0) is 11.3 Å². The number of methoxy groups -OCH3 is 1. The van der Waals surface area contributed by atoms with Gasteiger partial charge in [-0.05, 0) is 26.0 Å². The maximum atomic E-state index is 12.0. The van der Waals surface area contributed by atoms with Gasteiger partial charge in [0.15, 0.2) is 5.69 Å². The van der Waals surface area contributed by atoms with Gasteiger partial charge >= 0.3 is 5.69 Å². The highest BCUT2D eigenvalue weighted by atomic mass is 16.5. The third-order valence-electron chi connectivity index (χ3n) is 3.25. The minimum absolute atomic E-state index is 0.0771. The van der Waals surface area contributed by atoms with Crippen molar-refractivity contribution in [3.8, 4) is 0 Å². The Bertz CT molecular complexity index is 737. The molecule has 0 fully saturated rings. The van der Waals surface area contributed by atoms with Crippen LogP contribution in [0.2, 0.25) is 0 Å². The van der Waals surface area contributed by atoms with Crippen molar-refractivity contribution in [2.24, 2.45) is 0 Å². The fourth-order valence-corrected chi connectivity index (χ4v) is 2.06. The molecular weight excluding hydrogens is 274 g/mol. The molecule has 0 radical (unpaired) electrons. The number of aromatic nitrogens is 3. The number of nitrogen functional groups attached to an aromatic ring is 1. The molecule has 2 heterocycles. The Hall–Kier alpha value is -2.48. The molecular formula is C13H19N5O3. The van der Waals surface area contributed by atoms with Crippen molar-refractivity contribution in [3.63, 3.8) is 0 Å². The van der Waals surface area contributed by atoms with Gasteiger partial charge in [-0.15, -0.1) is 0 Å².